The summed E-state index contributed by atoms with van der Waals surface area (Å²) in [5, 5.41) is 8.97. The summed E-state index contributed by atoms with van der Waals surface area (Å²) >= 11 is 0. The molecule has 1 aromatic rings. The van der Waals surface area contributed by atoms with Crippen LogP contribution in [0.5, 0.6) is 0 Å². The molecule has 1 rings (SSSR count). The number of hydrogen-bond donors (Lipinski definition) is 2. The third-order valence-corrected chi connectivity index (χ3v) is 3.80. The van der Waals surface area contributed by atoms with E-state index < -0.39 is 10.0 Å². The molecule has 96 valence electrons. The van der Waals surface area contributed by atoms with Gasteiger partial charge in [0, 0.05) is 5.69 Å². The van der Waals surface area contributed by atoms with E-state index in [1.807, 2.05) is 20.8 Å². The predicted octanol–water partition coefficient (Wildman–Crippen LogP) is 1.97. The van der Waals surface area contributed by atoms with E-state index >= 15 is 0 Å². The van der Waals surface area contributed by atoms with Crippen molar-refractivity contribution < 1.29 is 13.5 Å². The van der Waals surface area contributed by atoms with Crippen LogP contribution in [0, 0.1) is 5.41 Å². The molecular weight excluding hydrogens is 238 g/mol. The molecule has 0 aliphatic carbocycles. The van der Waals surface area contributed by atoms with Gasteiger partial charge in [0.05, 0.1) is 12.4 Å². The molecule has 4 nitrogen and oxygen atoms in total. The van der Waals surface area contributed by atoms with Crippen molar-refractivity contribution in [3.63, 3.8) is 0 Å². The lowest BCUT2D eigenvalue weighted by atomic mass is 10.0. The van der Waals surface area contributed by atoms with Gasteiger partial charge in [0.15, 0.2) is 0 Å². The van der Waals surface area contributed by atoms with Crippen molar-refractivity contribution in [1.29, 1.82) is 0 Å². The van der Waals surface area contributed by atoms with Gasteiger partial charge >= 0.3 is 0 Å². The Labute approximate surface area is 103 Å². The molecule has 17 heavy (non-hydrogen) atoms. The van der Waals surface area contributed by atoms with Crippen LogP contribution in [0.25, 0.3) is 0 Å². The molecule has 0 atom stereocenters. The zero-order chi connectivity index (χ0) is 13.1. The predicted molar refractivity (Wildman–Crippen MR) is 69.2 cm³/mol. The molecule has 5 heteroatoms. The second-order valence-electron chi connectivity index (χ2n) is 5.28. The Morgan fingerprint density at radius 1 is 1.29 bits per heavy atom. The van der Waals surface area contributed by atoms with Crippen LogP contribution in [0.15, 0.2) is 24.3 Å². The first-order valence-electron chi connectivity index (χ1n) is 5.42. The van der Waals surface area contributed by atoms with Crippen molar-refractivity contribution >= 4 is 15.7 Å². The highest BCUT2D eigenvalue weighted by molar-refractivity contribution is 7.92. The highest BCUT2D eigenvalue weighted by Gasteiger charge is 2.21. The van der Waals surface area contributed by atoms with Gasteiger partial charge in [0.2, 0.25) is 10.0 Å². The lowest BCUT2D eigenvalue weighted by molar-refractivity contribution is 0.282. The molecule has 0 spiro atoms. The molecule has 0 aliphatic heterocycles. The van der Waals surface area contributed by atoms with Crippen LogP contribution in [-0.2, 0) is 16.6 Å². The van der Waals surface area contributed by atoms with Gasteiger partial charge in [-0.2, -0.15) is 0 Å². The van der Waals surface area contributed by atoms with Crippen molar-refractivity contribution in [2.24, 2.45) is 5.41 Å². The Morgan fingerprint density at radius 2 is 1.94 bits per heavy atom. The first-order chi connectivity index (χ1) is 7.72. The van der Waals surface area contributed by atoms with Crippen LogP contribution >= 0.6 is 0 Å². The largest absolute Gasteiger partial charge is 0.392 e. The second-order valence-corrected chi connectivity index (χ2v) is 7.00. The zero-order valence-corrected chi connectivity index (χ0v) is 11.2. The maximum Gasteiger partial charge on any atom is 0.233 e. The van der Waals surface area contributed by atoms with E-state index in [1.165, 1.54) is 0 Å². The van der Waals surface area contributed by atoms with Crippen LogP contribution in [0.3, 0.4) is 0 Å². The average molecular weight is 257 g/mol. The van der Waals surface area contributed by atoms with Gasteiger partial charge in [0.25, 0.3) is 0 Å². The van der Waals surface area contributed by atoms with Crippen LogP contribution in [0.4, 0.5) is 5.69 Å². The fraction of sp³-hybridized carbons (Fsp3) is 0.500. The Balaban J connectivity index is 2.83. The molecule has 0 amide bonds. The Kier molecular flexibility index (Phi) is 4.16. The number of anilines is 1. The molecule has 0 saturated carbocycles. The van der Waals surface area contributed by atoms with Crippen LogP contribution in [0.2, 0.25) is 0 Å². The molecule has 0 aliphatic rings. The Bertz CT molecular complexity index is 475. The lowest BCUT2D eigenvalue weighted by Gasteiger charge is -2.18. The summed E-state index contributed by atoms with van der Waals surface area (Å²) in [7, 11) is -3.35. The normalized spacial score (nSPS) is 12.5. The topological polar surface area (TPSA) is 66.4 Å². The van der Waals surface area contributed by atoms with Gasteiger partial charge < -0.3 is 5.11 Å². The van der Waals surface area contributed by atoms with Crippen molar-refractivity contribution in [2.45, 2.75) is 27.4 Å². The van der Waals surface area contributed by atoms with E-state index in [4.69, 9.17) is 5.11 Å². The highest BCUT2D eigenvalue weighted by atomic mass is 32.2. The number of aliphatic hydroxyl groups excluding tert-OH is 1. The third kappa shape index (κ3) is 5.19. The summed E-state index contributed by atoms with van der Waals surface area (Å²) in [6, 6.07) is 6.74. The Hall–Kier alpha value is -1.07. The van der Waals surface area contributed by atoms with Crippen molar-refractivity contribution in [3.8, 4) is 0 Å². The maximum absolute atomic E-state index is 11.8. The third-order valence-electron chi connectivity index (χ3n) is 2.01. The molecule has 2 N–H and O–H groups in total. The number of sulfonamides is 1. The van der Waals surface area contributed by atoms with E-state index in [-0.39, 0.29) is 17.8 Å². The molecule has 0 heterocycles. The lowest BCUT2D eigenvalue weighted by Crippen LogP contribution is -2.26. The monoisotopic (exact) mass is 257 g/mol. The molecule has 0 radical (unpaired) electrons. The minimum absolute atomic E-state index is 0.0589. The fourth-order valence-corrected chi connectivity index (χ4v) is 3.22. The van der Waals surface area contributed by atoms with E-state index in [1.54, 1.807) is 24.3 Å². The van der Waals surface area contributed by atoms with Gasteiger partial charge in [-0.1, -0.05) is 32.9 Å². The molecule has 1 aromatic carbocycles. The van der Waals surface area contributed by atoms with Crippen molar-refractivity contribution in [3.05, 3.63) is 29.8 Å². The minimum atomic E-state index is -3.35. The molecule has 0 saturated heterocycles. The van der Waals surface area contributed by atoms with E-state index in [9.17, 15) is 8.42 Å². The quantitative estimate of drug-likeness (QED) is 0.866. The Morgan fingerprint density at radius 3 is 2.47 bits per heavy atom. The van der Waals surface area contributed by atoms with Gasteiger partial charge in [-0.15, -0.1) is 0 Å². The second kappa shape index (κ2) is 5.06. The summed E-state index contributed by atoms with van der Waals surface area (Å²) in [4.78, 5) is 0. The molecule has 0 unspecified atom stereocenters. The van der Waals surface area contributed by atoms with E-state index in [0.29, 0.717) is 11.3 Å². The van der Waals surface area contributed by atoms with E-state index in [0.717, 1.165) is 0 Å². The molecular formula is C12H19NO3S. The number of aliphatic hydroxyl groups is 1. The number of benzene rings is 1. The van der Waals surface area contributed by atoms with Gasteiger partial charge in [0.1, 0.15) is 0 Å². The van der Waals surface area contributed by atoms with Crippen molar-refractivity contribution in [1.82, 2.24) is 0 Å². The summed E-state index contributed by atoms with van der Waals surface area (Å²) < 4.78 is 26.2. The van der Waals surface area contributed by atoms with Crippen LogP contribution in [-0.4, -0.2) is 19.3 Å². The summed E-state index contributed by atoms with van der Waals surface area (Å²) in [6.07, 6.45) is 0. The summed E-state index contributed by atoms with van der Waals surface area (Å²) in [5.74, 6) is 0.0589. The smallest absolute Gasteiger partial charge is 0.233 e. The van der Waals surface area contributed by atoms with Gasteiger partial charge in [-0.25, -0.2) is 8.42 Å². The first-order valence-corrected chi connectivity index (χ1v) is 7.07. The highest BCUT2D eigenvalue weighted by Crippen LogP contribution is 2.19. The molecule has 0 aromatic heterocycles. The fourth-order valence-electron chi connectivity index (χ4n) is 1.52. The van der Waals surface area contributed by atoms with Gasteiger partial charge in [-0.05, 0) is 23.1 Å². The van der Waals surface area contributed by atoms with E-state index in [2.05, 4.69) is 4.72 Å². The maximum atomic E-state index is 11.8. The minimum Gasteiger partial charge on any atom is -0.392 e. The number of rotatable bonds is 4. The number of nitrogens with one attached hydrogen (secondary N) is 1. The SMILES string of the molecule is CC(C)(C)CS(=O)(=O)Nc1cccc(CO)c1. The van der Waals surface area contributed by atoms with Crippen LogP contribution in [0.1, 0.15) is 26.3 Å². The van der Waals surface area contributed by atoms with Crippen LogP contribution < -0.4 is 4.72 Å². The average Bonchev–Trinajstić information content (AvgIpc) is 2.13. The standard InChI is InChI=1S/C12H19NO3S/c1-12(2,3)9-17(15,16)13-11-6-4-5-10(7-11)8-14/h4-7,13-14H,8-9H2,1-3H3. The molecule has 0 bridgehead atoms. The van der Waals surface area contributed by atoms with Gasteiger partial charge in [-0.3, -0.25) is 4.72 Å². The molecule has 0 fully saturated rings. The zero-order valence-electron chi connectivity index (χ0n) is 10.4. The number of hydrogen-bond acceptors (Lipinski definition) is 3. The summed E-state index contributed by atoms with van der Waals surface area (Å²) in [6.45, 7) is 5.51. The summed E-state index contributed by atoms with van der Waals surface area (Å²) in [5.41, 5.74) is 0.877. The first kappa shape index (κ1) is 14.0. The van der Waals surface area contributed by atoms with Crippen molar-refractivity contribution in [2.75, 3.05) is 10.5 Å².